The van der Waals surface area contributed by atoms with Gasteiger partial charge < -0.3 is 8.54 Å². The third-order valence-electron chi connectivity index (χ3n) is 4.46. The molecule has 0 spiro atoms. The maximum atomic E-state index is 5.77. The smallest absolute Gasteiger partial charge is 0.353 e. The fourth-order valence-corrected chi connectivity index (χ4v) is 4.49. The van der Waals surface area contributed by atoms with E-state index in [4.69, 9.17) is 8.54 Å². The molecule has 0 N–H and O–H groups in total. The van der Waals surface area contributed by atoms with Gasteiger partial charge in [0.1, 0.15) is 10.5 Å². The van der Waals surface area contributed by atoms with Gasteiger partial charge in [0.2, 0.25) is 0 Å². The van der Waals surface area contributed by atoms with E-state index >= 15 is 0 Å². The molecule has 0 aliphatic heterocycles. The highest BCUT2D eigenvalue weighted by molar-refractivity contribution is 6.27. The second-order valence-electron chi connectivity index (χ2n) is 5.42. The highest BCUT2D eigenvalue weighted by Crippen LogP contribution is 2.41. The summed E-state index contributed by atoms with van der Waals surface area (Å²) in [5.74, 6) is 2.79. The zero-order chi connectivity index (χ0) is 11.2. The van der Waals surface area contributed by atoms with E-state index in [2.05, 4.69) is 0 Å². The summed E-state index contributed by atoms with van der Waals surface area (Å²) in [4.78, 5) is 0. The summed E-state index contributed by atoms with van der Waals surface area (Å²) in [5, 5.41) is 0. The van der Waals surface area contributed by atoms with Gasteiger partial charge in [-0.05, 0) is 17.8 Å². The van der Waals surface area contributed by atoms with Crippen LogP contribution >= 0.6 is 0 Å². The van der Waals surface area contributed by atoms with Crippen LogP contribution in [-0.2, 0) is 8.54 Å². The molecule has 93 valence electrons. The Bertz CT molecular complexity index is 173. The topological polar surface area (TPSA) is 18.5 Å². The van der Waals surface area contributed by atoms with Gasteiger partial charge in [0.25, 0.3) is 0 Å². The minimum Gasteiger partial charge on any atom is -0.446 e. The molecule has 2 aliphatic carbocycles. The summed E-state index contributed by atoms with van der Waals surface area (Å²) in [6, 6.07) is 0. The fraction of sp³-hybridized carbons (Fsp3) is 1.00. The van der Waals surface area contributed by atoms with Crippen molar-refractivity contribution in [1.82, 2.24) is 0 Å². The van der Waals surface area contributed by atoms with E-state index < -0.39 is 0 Å². The zero-order valence-electron chi connectivity index (χ0n) is 10.5. The third kappa shape index (κ3) is 3.42. The van der Waals surface area contributed by atoms with E-state index in [9.17, 15) is 0 Å². The molecular weight excluding hydrogens is 232 g/mol. The monoisotopic (exact) mass is 257 g/mol. The first-order valence-electron chi connectivity index (χ1n) is 6.88. The lowest BCUT2D eigenvalue weighted by Gasteiger charge is -2.29. The Morgan fingerprint density at radius 1 is 1.00 bits per heavy atom. The lowest BCUT2D eigenvalue weighted by atomic mass is 9.80. The van der Waals surface area contributed by atoms with Crippen molar-refractivity contribution in [3.05, 3.63) is 0 Å². The van der Waals surface area contributed by atoms with E-state index in [1.165, 1.54) is 51.4 Å². The van der Waals surface area contributed by atoms with Gasteiger partial charge in [-0.25, -0.2) is 0 Å². The van der Waals surface area contributed by atoms with Gasteiger partial charge in [0.15, 0.2) is 0 Å². The molecule has 0 aromatic heterocycles. The molecule has 2 saturated carbocycles. The molecule has 0 aromatic carbocycles. The van der Waals surface area contributed by atoms with Crippen molar-refractivity contribution < 1.29 is 8.54 Å². The van der Waals surface area contributed by atoms with Gasteiger partial charge in [0, 0.05) is 6.61 Å². The normalized spacial score (nSPS) is 23.8. The minimum absolute atomic E-state index is 0.156. The second-order valence-corrected chi connectivity index (χ2v) is 7.83. The molecule has 0 bridgehead atoms. The molecule has 0 heterocycles. The van der Waals surface area contributed by atoms with Crippen LogP contribution in [0, 0.1) is 17.8 Å². The molecule has 0 atom stereocenters. The third-order valence-corrected chi connectivity index (χ3v) is 5.56. The van der Waals surface area contributed by atoms with E-state index in [0.717, 1.165) is 34.8 Å². The molecule has 1 radical (unpaired) electrons. The van der Waals surface area contributed by atoms with Crippen LogP contribution in [0.25, 0.3) is 0 Å². The first-order valence-corrected chi connectivity index (χ1v) is 8.64. The van der Waals surface area contributed by atoms with E-state index in [1.54, 1.807) is 0 Å². The summed E-state index contributed by atoms with van der Waals surface area (Å²) in [5.41, 5.74) is 0. The summed E-state index contributed by atoms with van der Waals surface area (Å²) in [6.07, 6.45) is 11.7. The van der Waals surface area contributed by atoms with Crippen LogP contribution in [0.4, 0.5) is 0 Å². The predicted octanol–water partition coefficient (Wildman–Crippen LogP) is 1.56. The lowest BCUT2D eigenvalue weighted by Crippen LogP contribution is -2.26. The van der Waals surface area contributed by atoms with Crippen molar-refractivity contribution >= 4 is 20.5 Å². The SMILES string of the molecule is [SiH3]O[SiH]OCC(C1CCCC1)C1CCCC1. The summed E-state index contributed by atoms with van der Waals surface area (Å²) in [7, 11) is 0.676. The molecular formula is C12H25O2Si2. The molecule has 2 rings (SSSR count). The molecule has 2 aliphatic rings. The van der Waals surface area contributed by atoms with Crippen LogP contribution in [0.2, 0.25) is 0 Å². The second kappa shape index (κ2) is 6.94. The Labute approximate surface area is 105 Å². The number of hydrogen-bond acceptors (Lipinski definition) is 2. The Morgan fingerprint density at radius 3 is 1.94 bits per heavy atom. The molecule has 0 unspecified atom stereocenters. The average molecular weight is 258 g/mol. The summed E-state index contributed by atoms with van der Waals surface area (Å²) < 4.78 is 11.0. The van der Waals surface area contributed by atoms with Crippen molar-refractivity contribution in [1.29, 1.82) is 0 Å². The summed E-state index contributed by atoms with van der Waals surface area (Å²) >= 11 is 0. The molecule has 16 heavy (non-hydrogen) atoms. The van der Waals surface area contributed by atoms with Gasteiger partial charge in [-0.3, -0.25) is 0 Å². The van der Waals surface area contributed by atoms with Crippen molar-refractivity contribution in [3.8, 4) is 0 Å². The Balaban J connectivity index is 1.83. The highest BCUT2D eigenvalue weighted by Gasteiger charge is 2.32. The maximum absolute atomic E-state index is 5.77. The Morgan fingerprint density at radius 2 is 1.50 bits per heavy atom. The van der Waals surface area contributed by atoms with Gasteiger partial charge in [-0.2, -0.15) is 0 Å². The predicted molar refractivity (Wildman–Crippen MR) is 71.5 cm³/mol. The lowest BCUT2D eigenvalue weighted by molar-refractivity contribution is 0.132. The average Bonchev–Trinajstić information content (AvgIpc) is 2.97. The van der Waals surface area contributed by atoms with Gasteiger partial charge in [-0.1, -0.05) is 51.4 Å². The number of rotatable bonds is 6. The zero-order valence-corrected chi connectivity index (χ0v) is 13.6. The van der Waals surface area contributed by atoms with E-state index in [-0.39, 0.29) is 10.0 Å². The fourth-order valence-electron chi connectivity index (χ4n) is 3.65. The van der Waals surface area contributed by atoms with Crippen molar-refractivity contribution in [3.63, 3.8) is 0 Å². The minimum atomic E-state index is -0.156. The standard InChI is InChI=1S/C12H25O2Si2/c15-14-16-13-9-12(10-5-1-2-6-10)11-7-3-4-8-11/h10-12,16H,1-9H2,15H3. The Kier molecular flexibility index (Phi) is 5.55. The first kappa shape index (κ1) is 12.8. The molecule has 0 aromatic rings. The quantitative estimate of drug-likeness (QED) is 0.531. The van der Waals surface area contributed by atoms with Crippen LogP contribution in [0.1, 0.15) is 51.4 Å². The van der Waals surface area contributed by atoms with Gasteiger partial charge >= 0.3 is 10.0 Å². The Hall–Kier alpha value is 0.354. The first-order chi connectivity index (χ1) is 7.92. The van der Waals surface area contributed by atoms with Crippen LogP contribution in [0.3, 0.4) is 0 Å². The van der Waals surface area contributed by atoms with Crippen LogP contribution < -0.4 is 0 Å². The molecule has 2 fully saturated rings. The number of hydrogen-bond donors (Lipinski definition) is 0. The van der Waals surface area contributed by atoms with Crippen molar-refractivity contribution in [2.24, 2.45) is 17.8 Å². The van der Waals surface area contributed by atoms with Gasteiger partial charge in [-0.15, -0.1) is 0 Å². The molecule has 0 amide bonds. The van der Waals surface area contributed by atoms with Crippen molar-refractivity contribution in [2.75, 3.05) is 6.61 Å². The largest absolute Gasteiger partial charge is 0.446 e. The summed E-state index contributed by atoms with van der Waals surface area (Å²) in [6.45, 7) is 0.993. The van der Waals surface area contributed by atoms with Crippen LogP contribution in [-0.4, -0.2) is 27.1 Å². The van der Waals surface area contributed by atoms with Crippen molar-refractivity contribution in [2.45, 2.75) is 51.4 Å². The van der Waals surface area contributed by atoms with E-state index in [0.29, 0.717) is 0 Å². The highest BCUT2D eigenvalue weighted by atomic mass is 28.3. The van der Waals surface area contributed by atoms with Crippen LogP contribution in [0.5, 0.6) is 0 Å². The maximum Gasteiger partial charge on any atom is 0.353 e. The van der Waals surface area contributed by atoms with Crippen LogP contribution in [0.15, 0.2) is 0 Å². The van der Waals surface area contributed by atoms with Gasteiger partial charge in [0.05, 0.1) is 0 Å². The van der Waals surface area contributed by atoms with E-state index in [1.807, 2.05) is 0 Å². The molecule has 2 nitrogen and oxygen atoms in total. The molecule has 0 saturated heterocycles. The molecule has 4 heteroatoms.